The molecule has 0 saturated carbocycles. The molecule has 1 rings (SSSR count). The molecule has 0 aromatic heterocycles. The molecule has 0 radical (unpaired) electrons. The summed E-state index contributed by atoms with van der Waals surface area (Å²) in [7, 11) is 0. The molecule has 1 unspecified atom stereocenters. The highest BCUT2D eigenvalue weighted by molar-refractivity contribution is 9.09. The Bertz CT molecular complexity index is 408. The van der Waals surface area contributed by atoms with Crippen molar-refractivity contribution in [1.82, 2.24) is 5.32 Å². The molecule has 3 nitrogen and oxygen atoms in total. The molecule has 0 aliphatic carbocycles. The van der Waals surface area contributed by atoms with Crippen LogP contribution in [0.25, 0.3) is 0 Å². The van der Waals surface area contributed by atoms with Crippen molar-refractivity contribution in [2.24, 2.45) is 0 Å². The second-order valence-electron chi connectivity index (χ2n) is 3.79. The van der Waals surface area contributed by atoms with Gasteiger partial charge in [-0.15, -0.1) is 0 Å². The topological polar surface area (TPSA) is 52.9 Å². The zero-order chi connectivity index (χ0) is 12.7. The van der Waals surface area contributed by atoms with E-state index in [-0.39, 0.29) is 5.91 Å². The fourth-order valence-electron chi connectivity index (χ4n) is 1.42. The Balaban J connectivity index is 2.50. The van der Waals surface area contributed by atoms with Gasteiger partial charge in [0, 0.05) is 16.9 Å². The monoisotopic (exact) mass is 294 g/mol. The maximum atomic E-state index is 11.7. The average Bonchev–Trinajstić information content (AvgIpc) is 2.36. The Morgan fingerprint density at radius 2 is 2.12 bits per heavy atom. The lowest BCUT2D eigenvalue weighted by atomic mass is 10.1. The summed E-state index contributed by atoms with van der Waals surface area (Å²) in [5.74, 6) is -0.102. The van der Waals surface area contributed by atoms with Gasteiger partial charge >= 0.3 is 0 Å². The van der Waals surface area contributed by atoms with Gasteiger partial charge in [0.25, 0.3) is 5.91 Å². The van der Waals surface area contributed by atoms with Crippen LogP contribution >= 0.6 is 15.9 Å². The van der Waals surface area contributed by atoms with Crippen LogP contribution in [-0.4, -0.2) is 17.3 Å². The summed E-state index contributed by atoms with van der Waals surface area (Å²) < 4.78 is 0. The number of alkyl halides is 1. The predicted octanol–water partition coefficient (Wildman–Crippen LogP) is 2.85. The van der Waals surface area contributed by atoms with Crippen molar-refractivity contribution in [3.8, 4) is 6.07 Å². The average molecular weight is 295 g/mol. The van der Waals surface area contributed by atoms with Gasteiger partial charge in [0.1, 0.15) is 0 Å². The first-order chi connectivity index (χ1) is 8.17. The third kappa shape index (κ3) is 4.58. The smallest absolute Gasteiger partial charge is 0.251 e. The number of hydrogen-bond acceptors (Lipinski definition) is 2. The molecule has 1 N–H and O–H groups in total. The van der Waals surface area contributed by atoms with Crippen LogP contribution < -0.4 is 5.32 Å². The number of nitriles is 1. The first kappa shape index (κ1) is 13.7. The zero-order valence-corrected chi connectivity index (χ0v) is 11.3. The number of hydrogen-bond donors (Lipinski definition) is 1. The first-order valence-corrected chi connectivity index (χ1v) is 6.51. The van der Waals surface area contributed by atoms with E-state index in [2.05, 4.69) is 28.2 Å². The molecular formula is C13H15BrN2O. The SMILES string of the molecule is CCCC(Br)CNC(=O)c1ccc(C#N)cc1. The summed E-state index contributed by atoms with van der Waals surface area (Å²) in [4.78, 5) is 12.1. The summed E-state index contributed by atoms with van der Waals surface area (Å²) in [5, 5.41) is 11.5. The minimum Gasteiger partial charge on any atom is -0.351 e. The van der Waals surface area contributed by atoms with Crippen LogP contribution in [0, 0.1) is 11.3 Å². The molecule has 4 heteroatoms. The minimum absolute atomic E-state index is 0.102. The van der Waals surface area contributed by atoms with Crippen LogP contribution in [0.3, 0.4) is 0 Å². The second-order valence-corrected chi connectivity index (χ2v) is 5.08. The molecule has 1 atom stereocenters. The highest BCUT2D eigenvalue weighted by atomic mass is 79.9. The number of benzene rings is 1. The Kier molecular flexibility index (Phi) is 5.71. The van der Waals surface area contributed by atoms with Crippen LogP contribution in [0.2, 0.25) is 0 Å². The normalized spacial score (nSPS) is 11.6. The highest BCUT2D eigenvalue weighted by Gasteiger charge is 2.08. The summed E-state index contributed by atoms with van der Waals surface area (Å²) in [6.45, 7) is 2.73. The van der Waals surface area contributed by atoms with E-state index in [0.29, 0.717) is 22.5 Å². The van der Waals surface area contributed by atoms with Gasteiger partial charge in [-0.3, -0.25) is 4.79 Å². The molecule has 90 valence electrons. The number of nitrogens with one attached hydrogen (secondary N) is 1. The summed E-state index contributed by atoms with van der Waals surface area (Å²) >= 11 is 3.50. The third-order valence-corrected chi connectivity index (χ3v) is 3.14. The largest absolute Gasteiger partial charge is 0.351 e. The van der Waals surface area contributed by atoms with Gasteiger partial charge in [-0.05, 0) is 30.7 Å². The molecule has 0 aliphatic heterocycles. The maximum absolute atomic E-state index is 11.7. The summed E-state index contributed by atoms with van der Waals surface area (Å²) in [6, 6.07) is 8.64. The maximum Gasteiger partial charge on any atom is 0.251 e. The van der Waals surface area contributed by atoms with Crippen LogP contribution in [0.5, 0.6) is 0 Å². The van der Waals surface area contributed by atoms with Crippen molar-refractivity contribution < 1.29 is 4.79 Å². The quantitative estimate of drug-likeness (QED) is 0.849. The van der Waals surface area contributed by atoms with Gasteiger partial charge in [-0.1, -0.05) is 29.3 Å². The van der Waals surface area contributed by atoms with Crippen molar-refractivity contribution in [3.05, 3.63) is 35.4 Å². The van der Waals surface area contributed by atoms with Crippen LogP contribution in [0.1, 0.15) is 35.7 Å². The number of rotatable bonds is 5. The molecule has 0 aliphatic rings. The molecule has 1 aromatic rings. The molecular weight excluding hydrogens is 280 g/mol. The zero-order valence-electron chi connectivity index (χ0n) is 9.74. The molecule has 0 saturated heterocycles. The van der Waals surface area contributed by atoms with E-state index in [1.54, 1.807) is 24.3 Å². The van der Waals surface area contributed by atoms with Gasteiger partial charge in [0.05, 0.1) is 11.6 Å². The van der Waals surface area contributed by atoms with Gasteiger partial charge in [-0.2, -0.15) is 5.26 Å². The van der Waals surface area contributed by atoms with E-state index in [1.165, 1.54) is 0 Å². The molecule has 0 bridgehead atoms. The van der Waals surface area contributed by atoms with Gasteiger partial charge in [0.2, 0.25) is 0 Å². The number of carbonyl (C=O) groups is 1. The Hall–Kier alpha value is -1.34. The van der Waals surface area contributed by atoms with Crippen molar-refractivity contribution >= 4 is 21.8 Å². The van der Waals surface area contributed by atoms with E-state index in [4.69, 9.17) is 5.26 Å². The lowest BCUT2D eigenvalue weighted by Gasteiger charge is -2.09. The van der Waals surface area contributed by atoms with E-state index < -0.39 is 0 Å². The minimum atomic E-state index is -0.102. The molecule has 1 amide bonds. The molecule has 0 spiro atoms. The van der Waals surface area contributed by atoms with Crippen LogP contribution in [0.4, 0.5) is 0 Å². The molecule has 1 aromatic carbocycles. The summed E-state index contributed by atoms with van der Waals surface area (Å²) in [5.41, 5.74) is 1.14. The lowest BCUT2D eigenvalue weighted by molar-refractivity contribution is 0.0953. The van der Waals surface area contributed by atoms with Crippen molar-refractivity contribution in [1.29, 1.82) is 5.26 Å². The molecule has 0 heterocycles. The molecule has 0 fully saturated rings. The number of carbonyl (C=O) groups excluding carboxylic acids is 1. The van der Waals surface area contributed by atoms with Crippen LogP contribution in [0.15, 0.2) is 24.3 Å². The fourth-order valence-corrected chi connectivity index (χ4v) is 2.04. The standard InChI is InChI=1S/C13H15BrN2O/c1-2-3-12(14)9-16-13(17)11-6-4-10(8-15)5-7-11/h4-7,12H,2-3,9H2,1H3,(H,16,17). The van der Waals surface area contributed by atoms with Gasteiger partial charge < -0.3 is 5.32 Å². The van der Waals surface area contributed by atoms with Crippen molar-refractivity contribution in [2.45, 2.75) is 24.6 Å². The number of halogens is 1. The molecule has 17 heavy (non-hydrogen) atoms. The Morgan fingerprint density at radius 1 is 1.47 bits per heavy atom. The fraction of sp³-hybridized carbons (Fsp3) is 0.385. The van der Waals surface area contributed by atoms with Crippen LogP contribution in [-0.2, 0) is 0 Å². The third-order valence-electron chi connectivity index (χ3n) is 2.36. The first-order valence-electron chi connectivity index (χ1n) is 5.59. The van der Waals surface area contributed by atoms with E-state index in [9.17, 15) is 4.79 Å². The Morgan fingerprint density at radius 3 is 2.65 bits per heavy atom. The van der Waals surface area contributed by atoms with Gasteiger partial charge in [-0.25, -0.2) is 0 Å². The van der Waals surface area contributed by atoms with E-state index in [0.717, 1.165) is 12.8 Å². The van der Waals surface area contributed by atoms with Gasteiger partial charge in [0.15, 0.2) is 0 Å². The van der Waals surface area contributed by atoms with Crippen molar-refractivity contribution in [2.75, 3.05) is 6.54 Å². The van der Waals surface area contributed by atoms with E-state index >= 15 is 0 Å². The van der Waals surface area contributed by atoms with Crippen molar-refractivity contribution in [3.63, 3.8) is 0 Å². The number of amides is 1. The van der Waals surface area contributed by atoms with E-state index in [1.807, 2.05) is 6.07 Å². The predicted molar refractivity (Wildman–Crippen MR) is 71.1 cm³/mol. The Labute approximate surface area is 110 Å². The second kappa shape index (κ2) is 7.08. The number of nitrogens with zero attached hydrogens (tertiary/aromatic N) is 1. The lowest BCUT2D eigenvalue weighted by Crippen LogP contribution is -2.29. The summed E-state index contributed by atoms with van der Waals surface area (Å²) in [6.07, 6.45) is 2.12. The highest BCUT2D eigenvalue weighted by Crippen LogP contribution is 2.07.